The Labute approximate surface area is 173 Å². The van der Waals surface area contributed by atoms with Crippen LogP contribution in [-0.4, -0.2) is 14.6 Å². The number of halogens is 2. The van der Waals surface area contributed by atoms with Gasteiger partial charge in [0, 0.05) is 0 Å². The van der Waals surface area contributed by atoms with Gasteiger partial charge in [-0.2, -0.15) is 13.5 Å². The fourth-order valence-corrected chi connectivity index (χ4v) is 3.44. The summed E-state index contributed by atoms with van der Waals surface area (Å²) in [7, 11) is -3.70. The third-order valence-corrected chi connectivity index (χ3v) is 5.67. The fraction of sp³-hybridized carbons (Fsp3) is 0.0500. The summed E-state index contributed by atoms with van der Waals surface area (Å²) in [5, 5.41) is 4.77. The Hall–Kier alpha value is -2.54. The molecule has 0 atom stereocenters. The topological polar surface area (TPSA) is 67.8 Å². The first-order valence-corrected chi connectivity index (χ1v) is 10.4. The van der Waals surface area contributed by atoms with Crippen molar-refractivity contribution in [3.05, 3.63) is 94.0 Å². The van der Waals surface area contributed by atoms with E-state index in [9.17, 15) is 8.42 Å². The lowest BCUT2D eigenvalue weighted by Crippen LogP contribution is -2.18. The molecule has 144 valence electrons. The number of nitrogens with one attached hydrogen (secondary N) is 1. The molecule has 8 heteroatoms. The molecule has 0 amide bonds. The van der Waals surface area contributed by atoms with Gasteiger partial charge in [-0.1, -0.05) is 59.6 Å². The van der Waals surface area contributed by atoms with Gasteiger partial charge in [0.15, 0.2) is 0 Å². The molecule has 0 saturated carbocycles. The summed E-state index contributed by atoms with van der Waals surface area (Å²) in [5.74, 6) is 0.612. The normalized spacial score (nSPS) is 11.5. The van der Waals surface area contributed by atoms with Crippen molar-refractivity contribution >= 4 is 39.4 Å². The highest BCUT2D eigenvalue weighted by Gasteiger charge is 2.11. The number of nitrogens with zero attached hydrogens (tertiary/aromatic N) is 1. The summed E-state index contributed by atoms with van der Waals surface area (Å²) in [5.41, 5.74) is 1.56. The number of ether oxygens (including phenoxy) is 1. The van der Waals surface area contributed by atoms with Crippen LogP contribution in [0.25, 0.3) is 0 Å². The van der Waals surface area contributed by atoms with E-state index in [1.54, 1.807) is 54.6 Å². The Bertz CT molecular complexity index is 1090. The molecule has 0 saturated heterocycles. The molecule has 0 heterocycles. The smallest absolute Gasteiger partial charge is 0.276 e. The van der Waals surface area contributed by atoms with Crippen LogP contribution in [0.4, 0.5) is 0 Å². The van der Waals surface area contributed by atoms with Gasteiger partial charge >= 0.3 is 0 Å². The van der Waals surface area contributed by atoms with E-state index in [2.05, 4.69) is 9.93 Å². The Morgan fingerprint density at radius 1 is 0.929 bits per heavy atom. The SMILES string of the molecule is O=S(=O)(N/N=C\c1cccc(OCc2ccc(Cl)c(Cl)c2)c1)c1ccccc1. The van der Waals surface area contributed by atoms with Gasteiger partial charge in [0.05, 0.1) is 21.2 Å². The lowest BCUT2D eigenvalue weighted by Gasteiger charge is -2.08. The predicted molar refractivity (Wildman–Crippen MR) is 112 cm³/mol. The molecule has 0 radical (unpaired) electrons. The molecule has 0 aliphatic rings. The van der Waals surface area contributed by atoms with E-state index in [4.69, 9.17) is 27.9 Å². The lowest BCUT2D eigenvalue weighted by molar-refractivity contribution is 0.306. The van der Waals surface area contributed by atoms with E-state index in [0.717, 1.165) is 5.56 Å². The third-order valence-electron chi connectivity index (χ3n) is 3.69. The standard InChI is InChI=1S/C20H16Cl2N2O3S/c21-19-10-9-16(12-20(19)22)14-27-17-6-4-5-15(11-17)13-23-24-28(25,26)18-7-2-1-3-8-18/h1-13,24H,14H2/b23-13-. The second-order valence-electron chi connectivity index (χ2n) is 5.78. The van der Waals surface area contributed by atoms with Gasteiger partial charge in [-0.3, -0.25) is 0 Å². The number of rotatable bonds is 7. The maximum atomic E-state index is 12.1. The molecule has 0 aliphatic heterocycles. The summed E-state index contributed by atoms with van der Waals surface area (Å²) >= 11 is 11.9. The first kappa shape index (κ1) is 20.2. The van der Waals surface area contributed by atoms with E-state index in [0.29, 0.717) is 28.0 Å². The zero-order valence-electron chi connectivity index (χ0n) is 14.5. The van der Waals surface area contributed by atoms with E-state index >= 15 is 0 Å². The van der Waals surface area contributed by atoms with E-state index in [1.165, 1.54) is 18.3 Å². The summed E-state index contributed by atoms with van der Waals surface area (Å²) in [4.78, 5) is 2.33. The Balaban J connectivity index is 1.63. The first-order chi connectivity index (χ1) is 13.4. The number of hydrogen-bond acceptors (Lipinski definition) is 4. The van der Waals surface area contributed by atoms with E-state index in [-0.39, 0.29) is 4.90 Å². The van der Waals surface area contributed by atoms with Crippen LogP contribution in [0, 0.1) is 0 Å². The van der Waals surface area contributed by atoms with Gasteiger partial charge in [0.2, 0.25) is 0 Å². The highest BCUT2D eigenvalue weighted by atomic mass is 35.5. The number of hydrazone groups is 1. The number of benzene rings is 3. The minimum absolute atomic E-state index is 0.144. The second-order valence-corrected chi connectivity index (χ2v) is 8.25. The van der Waals surface area contributed by atoms with Gasteiger partial charge in [-0.25, -0.2) is 4.83 Å². The van der Waals surface area contributed by atoms with Crippen molar-refractivity contribution in [2.24, 2.45) is 5.10 Å². The van der Waals surface area contributed by atoms with Gasteiger partial charge < -0.3 is 4.74 Å². The molecule has 0 bridgehead atoms. The van der Waals surface area contributed by atoms with Crippen molar-refractivity contribution in [3.8, 4) is 5.75 Å². The monoisotopic (exact) mass is 434 g/mol. The maximum Gasteiger partial charge on any atom is 0.276 e. The van der Waals surface area contributed by atoms with Gasteiger partial charge in [0.1, 0.15) is 12.4 Å². The van der Waals surface area contributed by atoms with Crippen LogP contribution in [0.3, 0.4) is 0 Å². The summed E-state index contributed by atoms with van der Waals surface area (Å²) in [6, 6.07) is 20.4. The molecule has 3 aromatic carbocycles. The number of sulfonamides is 1. The van der Waals surface area contributed by atoms with Gasteiger partial charge in [-0.15, -0.1) is 0 Å². The molecule has 3 rings (SSSR count). The van der Waals surface area contributed by atoms with Crippen molar-refractivity contribution < 1.29 is 13.2 Å². The Morgan fingerprint density at radius 3 is 2.46 bits per heavy atom. The minimum atomic E-state index is -3.70. The molecule has 0 unspecified atom stereocenters. The van der Waals surface area contributed by atoms with Crippen molar-refractivity contribution in [1.82, 2.24) is 4.83 Å². The third kappa shape index (κ3) is 5.48. The van der Waals surface area contributed by atoms with Crippen LogP contribution in [-0.2, 0) is 16.6 Å². The highest BCUT2D eigenvalue weighted by molar-refractivity contribution is 7.89. The molecular weight excluding hydrogens is 419 g/mol. The van der Waals surface area contributed by atoms with Crippen molar-refractivity contribution in [2.75, 3.05) is 0 Å². The van der Waals surface area contributed by atoms with Gasteiger partial charge in [0.25, 0.3) is 10.0 Å². The van der Waals surface area contributed by atoms with Crippen LogP contribution in [0.5, 0.6) is 5.75 Å². The molecule has 0 aliphatic carbocycles. The average Bonchev–Trinajstić information content (AvgIpc) is 2.70. The Kier molecular flexibility index (Phi) is 6.57. The number of hydrogen-bond donors (Lipinski definition) is 1. The van der Waals surface area contributed by atoms with E-state index in [1.807, 2.05) is 6.07 Å². The first-order valence-electron chi connectivity index (χ1n) is 8.21. The molecule has 28 heavy (non-hydrogen) atoms. The van der Waals surface area contributed by atoms with Crippen LogP contribution < -0.4 is 9.57 Å². The van der Waals surface area contributed by atoms with E-state index < -0.39 is 10.0 Å². The van der Waals surface area contributed by atoms with Crippen LogP contribution >= 0.6 is 23.2 Å². The molecule has 0 fully saturated rings. The molecule has 3 aromatic rings. The summed E-state index contributed by atoms with van der Waals surface area (Å²) < 4.78 is 30.0. The largest absolute Gasteiger partial charge is 0.489 e. The Morgan fingerprint density at radius 2 is 1.71 bits per heavy atom. The van der Waals surface area contributed by atoms with Crippen LogP contribution in [0.15, 0.2) is 82.8 Å². The van der Waals surface area contributed by atoms with Crippen molar-refractivity contribution in [1.29, 1.82) is 0 Å². The van der Waals surface area contributed by atoms with Gasteiger partial charge in [-0.05, 0) is 47.5 Å². The zero-order valence-corrected chi connectivity index (χ0v) is 16.9. The predicted octanol–water partition coefficient (Wildman–Crippen LogP) is 4.88. The highest BCUT2D eigenvalue weighted by Crippen LogP contribution is 2.23. The fourth-order valence-electron chi connectivity index (χ4n) is 2.30. The molecule has 1 N–H and O–H groups in total. The van der Waals surface area contributed by atoms with Crippen LogP contribution in [0.2, 0.25) is 10.0 Å². The average molecular weight is 435 g/mol. The molecule has 0 spiro atoms. The molecular formula is C20H16Cl2N2O3S. The molecule has 0 aromatic heterocycles. The zero-order chi connectivity index (χ0) is 20.0. The summed E-state index contributed by atoms with van der Waals surface area (Å²) in [6.07, 6.45) is 1.41. The lowest BCUT2D eigenvalue weighted by atomic mass is 10.2. The van der Waals surface area contributed by atoms with Crippen molar-refractivity contribution in [2.45, 2.75) is 11.5 Å². The minimum Gasteiger partial charge on any atom is -0.489 e. The summed E-state index contributed by atoms with van der Waals surface area (Å²) in [6.45, 7) is 0.318. The quantitative estimate of drug-likeness (QED) is 0.425. The van der Waals surface area contributed by atoms with Crippen molar-refractivity contribution in [3.63, 3.8) is 0 Å². The van der Waals surface area contributed by atoms with Crippen LogP contribution in [0.1, 0.15) is 11.1 Å². The second kappa shape index (κ2) is 9.10. The maximum absolute atomic E-state index is 12.1. The molecule has 5 nitrogen and oxygen atoms in total.